The molecule has 19 heavy (non-hydrogen) atoms. The number of halogens is 2. The summed E-state index contributed by atoms with van der Waals surface area (Å²) in [4.78, 5) is 0. The first-order valence-electron chi connectivity index (χ1n) is 6.68. The van der Waals surface area contributed by atoms with Gasteiger partial charge in [-0.15, -0.1) is 24.8 Å². The summed E-state index contributed by atoms with van der Waals surface area (Å²) in [5, 5.41) is 0. The number of hydrogen-bond donors (Lipinski definition) is 0. The standard InChI is InChI=1S/2C5H5.C4H12Si2.2ClH.Hf/c2*1-2-4-5-3-1;1-5(2)6(3)4;;;/h2*1-3H,4H2;1-4H3;2*1H;. The first-order valence-corrected chi connectivity index (χ1v) is 28.1. The van der Waals surface area contributed by atoms with Gasteiger partial charge in [0.25, 0.3) is 0 Å². The van der Waals surface area contributed by atoms with Gasteiger partial charge in [-0.25, -0.2) is 0 Å². The van der Waals surface area contributed by atoms with Crippen LogP contribution < -0.4 is 0 Å². The molecule has 0 radical (unpaired) electrons. The van der Waals surface area contributed by atoms with Gasteiger partial charge in [-0.2, -0.15) is 0 Å². The quantitative estimate of drug-likeness (QED) is 0.462. The van der Waals surface area contributed by atoms with E-state index in [2.05, 4.69) is 62.6 Å². The predicted molar refractivity (Wildman–Crippen MR) is 93.1 cm³/mol. The SMILES string of the molecule is C[Si]1(C)[Si](C)(C)[Hf]1([C]1=CC=CC1)[C]1=CC=CC1.Cl.Cl. The first-order chi connectivity index (χ1) is 7.96. The van der Waals surface area contributed by atoms with E-state index in [0.29, 0.717) is 0 Å². The second kappa shape index (κ2) is 5.56. The van der Waals surface area contributed by atoms with Crippen LogP contribution in [0.25, 0.3) is 0 Å². The third-order valence-electron chi connectivity index (χ3n) is 5.88. The molecule has 106 valence electrons. The van der Waals surface area contributed by atoms with Gasteiger partial charge in [0.2, 0.25) is 0 Å². The van der Waals surface area contributed by atoms with Crippen LogP contribution in [0.5, 0.6) is 0 Å². The van der Waals surface area contributed by atoms with Crippen molar-refractivity contribution in [2.45, 2.75) is 39.0 Å². The molecule has 1 saturated heterocycles. The summed E-state index contributed by atoms with van der Waals surface area (Å²) in [5.41, 5.74) is 0. The van der Waals surface area contributed by atoms with Gasteiger partial charge in [0, 0.05) is 0 Å². The van der Waals surface area contributed by atoms with E-state index in [4.69, 9.17) is 0 Å². The maximum Gasteiger partial charge on any atom is -0.147 e. The van der Waals surface area contributed by atoms with E-state index in [-0.39, 0.29) is 24.8 Å². The van der Waals surface area contributed by atoms with E-state index >= 15 is 0 Å². The van der Waals surface area contributed by atoms with Gasteiger partial charge in [-0.05, 0) is 0 Å². The van der Waals surface area contributed by atoms with Gasteiger partial charge in [-0.1, -0.05) is 0 Å². The second-order valence-electron chi connectivity index (χ2n) is 6.65. The Labute approximate surface area is 134 Å². The zero-order valence-corrected chi connectivity index (χ0v) is 19.4. The van der Waals surface area contributed by atoms with Crippen LogP contribution in [0.15, 0.2) is 43.1 Å². The van der Waals surface area contributed by atoms with Crippen LogP contribution in [-0.2, 0) is 18.3 Å². The molecule has 3 aliphatic rings. The Morgan fingerprint density at radius 3 is 1.37 bits per heavy atom. The minimum atomic E-state index is -2.21. The molecule has 1 aliphatic heterocycles. The fourth-order valence-electron chi connectivity index (χ4n) is 4.57. The van der Waals surface area contributed by atoms with E-state index in [1.807, 2.05) is 6.66 Å². The predicted octanol–water partition coefficient (Wildman–Crippen LogP) is 5.17. The van der Waals surface area contributed by atoms with Crippen LogP contribution in [-0.4, -0.2) is 9.56 Å². The maximum absolute atomic E-state index is 2.74. The molecular weight excluding hydrogens is 474 g/mol. The van der Waals surface area contributed by atoms with E-state index < -0.39 is 27.9 Å². The molecule has 0 aromatic carbocycles. The summed E-state index contributed by atoms with van der Waals surface area (Å²) in [7, 11) is 0. The van der Waals surface area contributed by atoms with Crippen molar-refractivity contribution in [2.75, 3.05) is 0 Å². The smallest absolute Gasteiger partial charge is 0.147 e. The topological polar surface area (TPSA) is 0 Å². The Hall–Kier alpha value is 0.844. The van der Waals surface area contributed by atoms with Crippen molar-refractivity contribution >= 4 is 34.4 Å². The fraction of sp³-hybridized carbons (Fsp3) is 0.429. The maximum atomic E-state index is 2.74. The molecule has 3 rings (SSSR count). The van der Waals surface area contributed by atoms with Gasteiger partial charge in [-0.3, -0.25) is 0 Å². The number of allylic oxidation sites excluding steroid dienone is 8. The summed E-state index contributed by atoms with van der Waals surface area (Å²) in [6, 6.07) is 0. The van der Waals surface area contributed by atoms with Gasteiger partial charge < -0.3 is 0 Å². The Bertz CT molecular complexity index is 456. The molecule has 0 aromatic rings. The minimum absolute atomic E-state index is 0. The minimum Gasteiger partial charge on any atom is -0.147 e. The van der Waals surface area contributed by atoms with Gasteiger partial charge in [0.1, 0.15) is 0 Å². The monoisotopic (exact) mass is 498 g/mol. The van der Waals surface area contributed by atoms with E-state index in [9.17, 15) is 0 Å². The Kier molecular flexibility index (Phi) is 5.24. The normalized spacial score (nSPS) is 27.2. The molecule has 0 bridgehead atoms. The average Bonchev–Trinajstić information content (AvgIpc) is 2.81. The summed E-state index contributed by atoms with van der Waals surface area (Å²) in [5.74, 6) is 0. The van der Waals surface area contributed by atoms with Crippen molar-refractivity contribution in [1.29, 1.82) is 0 Å². The van der Waals surface area contributed by atoms with Crippen molar-refractivity contribution in [3.63, 3.8) is 0 Å². The van der Waals surface area contributed by atoms with Crippen molar-refractivity contribution in [3.05, 3.63) is 43.1 Å². The van der Waals surface area contributed by atoms with Gasteiger partial charge in [0.15, 0.2) is 0 Å². The van der Waals surface area contributed by atoms with Crippen molar-refractivity contribution < 1.29 is 18.3 Å². The van der Waals surface area contributed by atoms with E-state index in [1.54, 1.807) is 0 Å². The van der Waals surface area contributed by atoms with Crippen molar-refractivity contribution in [1.82, 2.24) is 0 Å². The first kappa shape index (κ1) is 17.9. The molecule has 1 fully saturated rings. The molecule has 0 amide bonds. The Morgan fingerprint density at radius 1 is 0.789 bits per heavy atom. The zero-order chi connectivity index (χ0) is 12.3. The average molecular weight is 498 g/mol. The van der Waals surface area contributed by atoms with Crippen LogP contribution in [0.4, 0.5) is 0 Å². The summed E-state index contributed by atoms with van der Waals surface area (Å²) in [6.45, 7) is 10.9. The van der Waals surface area contributed by atoms with E-state index in [1.165, 1.54) is 12.8 Å². The Morgan fingerprint density at radius 2 is 1.16 bits per heavy atom. The molecule has 0 N–H and O–H groups in total. The third-order valence-corrected chi connectivity index (χ3v) is 157. The zero-order valence-electron chi connectivity index (χ0n) is 12.2. The Balaban J connectivity index is 0.000000902. The molecular formula is C14H24Cl2HfSi2. The van der Waals surface area contributed by atoms with E-state index in [0.717, 1.165) is 0 Å². The molecule has 0 unspecified atom stereocenters. The van der Waals surface area contributed by atoms with Crippen LogP contribution in [0, 0.1) is 0 Å². The van der Waals surface area contributed by atoms with Crippen LogP contribution in [0.1, 0.15) is 12.8 Å². The molecule has 0 saturated carbocycles. The third kappa shape index (κ3) is 1.99. The number of hydrogen-bond acceptors (Lipinski definition) is 0. The summed E-state index contributed by atoms with van der Waals surface area (Å²) < 4.78 is 2.24. The summed E-state index contributed by atoms with van der Waals surface area (Å²) >= 11 is -2.21. The number of rotatable bonds is 2. The molecule has 0 aromatic heterocycles. The van der Waals surface area contributed by atoms with Crippen molar-refractivity contribution in [3.8, 4) is 0 Å². The molecule has 1 heterocycles. The fourth-order valence-corrected chi connectivity index (χ4v) is 237. The van der Waals surface area contributed by atoms with Crippen LogP contribution in [0.2, 0.25) is 26.2 Å². The molecule has 0 nitrogen and oxygen atoms in total. The summed E-state index contributed by atoms with van der Waals surface area (Å²) in [6.07, 6.45) is 17.1. The van der Waals surface area contributed by atoms with Gasteiger partial charge >= 0.3 is 110 Å². The van der Waals surface area contributed by atoms with Gasteiger partial charge in [0.05, 0.1) is 0 Å². The molecule has 0 atom stereocenters. The molecule has 0 spiro atoms. The second-order valence-corrected chi connectivity index (χ2v) is 84.7. The largest absolute Gasteiger partial charge is 0.147 e. The van der Waals surface area contributed by atoms with Crippen molar-refractivity contribution in [2.24, 2.45) is 0 Å². The molecule has 2 aliphatic carbocycles. The van der Waals surface area contributed by atoms with Crippen LogP contribution in [0.3, 0.4) is 0 Å². The van der Waals surface area contributed by atoms with Crippen LogP contribution >= 0.6 is 24.8 Å². The molecule has 5 heteroatoms.